The minimum Gasteiger partial charge on any atom is -0.444 e. The van der Waals surface area contributed by atoms with Gasteiger partial charge in [-0.1, -0.05) is 6.07 Å². The van der Waals surface area contributed by atoms with Crippen LogP contribution >= 0.6 is 0 Å². The molecular formula is C13H17N3O. The third-order valence-electron chi connectivity index (χ3n) is 2.61. The molecule has 2 rings (SSSR count). The van der Waals surface area contributed by atoms with Gasteiger partial charge < -0.3 is 9.73 Å². The molecule has 0 unspecified atom stereocenters. The highest BCUT2D eigenvalue weighted by molar-refractivity contribution is 5.16. The second-order valence-corrected chi connectivity index (χ2v) is 4.22. The third-order valence-corrected chi connectivity index (χ3v) is 2.61. The summed E-state index contributed by atoms with van der Waals surface area (Å²) in [6, 6.07) is 2.12. The van der Waals surface area contributed by atoms with Crippen LogP contribution in [-0.4, -0.2) is 9.97 Å². The van der Waals surface area contributed by atoms with E-state index >= 15 is 0 Å². The summed E-state index contributed by atoms with van der Waals surface area (Å²) in [5, 5.41) is 3.29. The Balaban J connectivity index is 1.87. The predicted octanol–water partition coefficient (Wildman–Crippen LogP) is 2.28. The Labute approximate surface area is 101 Å². The molecule has 0 radical (unpaired) electrons. The van der Waals surface area contributed by atoms with E-state index in [2.05, 4.69) is 21.4 Å². The smallest absolute Gasteiger partial charge is 0.208 e. The first-order valence-corrected chi connectivity index (χ1v) is 5.69. The van der Waals surface area contributed by atoms with Gasteiger partial charge in [0.2, 0.25) is 5.89 Å². The van der Waals surface area contributed by atoms with Gasteiger partial charge in [-0.05, 0) is 31.9 Å². The van der Waals surface area contributed by atoms with Gasteiger partial charge in [-0.3, -0.25) is 4.98 Å². The van der Waals surface area contributed by atoms with E-state index in [1.54, 1.807) is 0 Å². The summed E-state index contributed by atoms with van der Waals surface area (Å²) in [6.07, 6.45) is 3.72. The van der Waals surface area contributed by atoms with Gasteiger partial charge in [-0.15, -0.1) is 0 Å². The molecule has 90 valence electrons. The van der Waals surface area contributed by atoms with E-state index in [-0.39, 0.29) is 0 Å². The zero-order valence-corrected chi connectivity index (χ0v) is 10.4. The molecular weight excluding hydrogens is 214 g/mol. The number of oxazole rings is 1. The number of nitrogens with one attached hydrogen (secondary N) is 1. The Morgan fingerprint density at radius 3 is 2.65 bits per heavy atom. The maximum atomic E-state index is 5.49. The molecule has 0 fully saturated rings. The molecule has 2 heterocycles. The van der Waals surface area contributed by atoms with Crippen LogP contribution in [0.25, 0.3) is 0 Å². The van der Waals surface area contributed by atoms with E-state index in [0.29, 0.717) is 6.54 Å². The Hall–Kier alpha value is -1.68. The van der Waals surface area contributed by atoms with Crippen molar-refractivity contribution in [3.63, 3.8) is 0 Å². The van der Waals surface area contributed by atoms with Crippen molar-refractivity contribution in [1.29, 1.82) is 0 Å². The summed E-state index contributed by atoms with van der Waals surface area (Å²) in [4.78, 5) is 8.46. The van der Waals surface area contributed by atoms with Crippen LogP contribution < -0.4 is 5.32 Å². The maximum Gasteiger partial charge on any atom is 0.208 e. The first-order valence-electron chi connectivity index (χ1n) is 5.69. The number of hydrogen-bond donors (Lipinski definition) is 1. The van der Waals surface area contributed by atoms with E-state index in [4.69, 9.17) is 4.42 Å². The summed E-state index contributed by atoms with van der Waals surface area (Å²) in [5.41, 5.74) is 3.30. The van der Waals surface area contributed by atoms with Gasteiger partial charge in [0.1, 0.15) is 5.76 Å². The minimum absolute atomic E-state index is 0.641. The highest BCUT2D eigenvalue weighted by Crippen LogP contribution is 2.08. The molecule has 0 amide bonds. The molecule has 0 aliphatic rings. The van der Waals surface area contributed by atoms with E-state index < -0.39 is 0 Å². The van der Waals surface area contributed by atoms with Crippen LogP contribution in [0.5, 0.6) is 0 Å². The lowest BCUT2D eigenvalue weighted by Crippen LogP contribution is -2.13. The summed E-state index contributed by atoms with van der Waals surface area (Å²) < 4.78 is 5.49. The first-order chi connectivity index (χ1) is 8.15. The van der Waals surface area contributed by atoms with Crippen molar-refractivity contribution in [2.24, 2.45) is 0 Å². The Morgan fingerprint density at radius 2 is 2.00 bits per heavy atom. The van der Waals surface area contributed by atoms with Gasteiger partial charge in [-0.25, -0.2) is 4.98 Å². The molecule has 2 aromatic heterocycles. The van der Waals surface area contributed by atoms with Crippen LogP contribution in [0.2, 0.25) is 0 Å². The lowest BCUT2D eigenvalue weighted by atomic mass is 10.2. The SMILES string of the molecule is Cc1cncc(CNCc2nc(C)c(C)o2)c1. The molecule has 4 nitrogen and oxygen atoms in total. The normalized spacial score (nSPS) is 10.8. The summed E-state index contributed by atoms with van der Waals surface area (Å²) in [5.74, 6) is 1.62. The summed E-state index contributed by atoms with van der Waals surface area (Å²) in [7, 11) is 0. The molecule has 0 bridgehead atoms. The number of rotatable bonds is 4. The van der Waals surface area contributed by atoms with Crippen LogP contribution in [0.1, 0.15) is 28.5 Å². The first kappa shape index (κ1) is 11.8. The highest BCUT2D eigenvalue weighted by Gasteiger charge is 2.04. The van der Waals surface area contributed by atoms with Crippen molar-refractivity contribution in [3.8, 4) is 0 Å². The molecule has 0 aromatic carbocycles. The van der Waals surface area contributed by atoms with Gasteiger partial charge in [0.15, 0.2) is 0 Å². The van der Waals surface area contributed by atoms with E-state index in [0.717, 1.165) is 23.9 Å². The van der Waals surface area contributed by atoms with Gasteiger partial charge in [0, 0.05) is 18.9 Å². The Bertz CT molecular complexity index is 486. The molecule has 0 aliphatic heterocycles. The second kappa shape index (κ2) is 5.10. The van der Waals surface area contributed by atoms with Crippen molar-refractivity contribution in [2.45, 2.75) is 33.9 Å². The van der Waals surface area contributed by atoms with E-state index in [1.807, 2.05) is 33.2 Å². The monoisotopic (exact) mass is 231 g/mol. The topological polar surface area (TPSA) is 51.0 Å². The highest BCUT2D eigenvalue weighted by atomic mass is 16.4. The molecule has 0 spiro atoms. The Morgan fingerprint density at radius 1 is 1.18 bits per heavy atom. The van der Waals surface area contributed by atoms with E-state index in [9.17, 15) is 0 Å². The lowest BCUT2D eigenvalue weighted by molar-refractivity contribution is 0.448. The zero-order valence-electron chi connectivity index (χ0n) is 10.4. The van der Waals surface area contributed by atoms with Crippen LogP contribution in [0, 0.1) is 20.8 Å². The summed E-state index contributed by atoms with van der Waals surface area (Å²) >= 11 is 0. The number of aryl methyl sites for hydroxylation is 3. The number of pyridine rings is 1. The average Bonchev–Trinajstić information content (AvgIpc) is 2.58. The van der Waals surface area contributed by atoms with Crippen molar-refractivity contribution < 1.29 is 4.42 Å². The zero-order chi connectivity index (χ0) is 12.3. The molecule has 0 saturated carbocycles. The molecule has 0 saturated heterocycles. The van der Waals surface area contributed by atoms with E-state index in [1.165, 1.54) is 11.1 Å². The van der Waals surface area contributed by atoms with Crippen molar-refractivity contribution in [1.82, 2.24) is 15.3 Å². The van der Waals surface area contributed by atoms with Crippen molar-refractivity contribution >= 4 is 0 Å². The third kappa shape index (κ3) is 3.14. The fourth-order valence-electron chi connectivity index (χ4n) is 1.64. The molecule has 0 atom stereocenters. The summed E-state index contributed by atoms with van der Waals surface area (Å²) in [6.45, 7) is 7.33. The molecule has 2 aromatic rings. The number of aromatic nitrogens is 2. The van der Waals surface area contributed by atoms with Gasteiger partial charge in [0.25, 0.3) is 0 Å². The predicted molar refractivity (Wildman–Crippen MR) is 65.5 cm³/mol. The minimum atomic E-state index is 0.641. The maximum absolute atomic E-state index is 5.49. The van der Waals surface area contributed by atoms with Crippen LogP contribution in [0.4, 0.5) is 0 Å². The molecule has 1 N–H and O–H groups in total. The number of nitrogens with zero attached hydrogens (tertiary/aromatic N) is 2. The van der Waals surface area contributed by atoms with Gasteiger partial charge in [-0.2, -0.15) is 0 Å². The van der Waals surface area contributed by atoms with Gasteiger partial charge in [0.05, 0.1) is 12.2 Å². The van der Waals surface area contributed by atoms with Crippen LogP contribution in [0.15, 0.2) is 22.9 Å². The largest absolute Gasteiger partial charge is 0.444 e. The Kier molecular flexibility index (Phi) is 3.54. The second-order valence-electron chi connectivity index (χ2n) is 4.22. The molecule has 17 heavy (non-hydrogen) atoms. The quantitative estimate of drug-likeness (QED) is 0.877. The standard InChI is InChI=1S/C13H17N3O/c1-9-4-12(6-14-5-9)7-15-8-13-16-10(2)11(3)17-13/h4-6,15H,7-8H2,1-3H3. The molecule has 4 heteroatoms. The van der Waals surface area contributed by atoms with Crippen molar-refractivity contribution in [3.05, 3.63) is 46.9 Å². The van der Waals surface area contributed by atoms with Crippen LogP contribution in [-0.2, 0) is 13.1 Å². The average molecular weight is 231 g/mol. The van der Waals surface area contributed by atoms with Gasteiger partial charge >= 0.3 is 0 Å². The van der Waals surface area contributed by atoms with Crippen molar-refractivity contribution in [2.75, 3.05) is 0 Å². The fourth-order valence-corrected chi connectivity index (χ4v) is 1.64. The molecule has 0 aliphatic carbocycles. The fraction of sp³-hybridized carbons (Fsp3) is 0.385. The lowest BCUT2D eigenvalue weighted by Gasteiger charge is -2.02. The number of hydrogen-bond acceptors (Lipinski definition) is 4. The van der Waals surface area contributed by atoms with Crippen LogP contribution in [0.3, 0.4) is 0 Å².